The Morgan fingerprint density at radius 2 is 1.09 bits per heavy atom. The lowest BCUT2D eigenvalue weighted by Gasteiger charge is -2.30. The molecule has 0 radical (unpaired) electrons. The summed E-state index contributed by atoms with van der Waals surface area (Å²) in [5.41, 5.74) is 0. The van der Waals surface area contributed by atoms with E-state index in [0.29, 0.717) is 23.9 Å². The second-order valence-electron chi connectivity index (χ2n) is 14.3. The Hall–Kier alpha value is -0.500. The standard InChI is InChI=1S/C36H75N2O6P/c1-6-8-10-12-13-14-15-16-17-18-19-20-21-22-23-24-26-28-30-36(40)37-34(35(39)29-27-25-11-9-7-2)33-44-45(41,42)43-32-31-38(3,4)5/h34-35,39H,6-33H2,1-5H3,(H-,37,40,41,42). The molecule has 8 nitrogen and oxygen atoms in total. The number of phosphoric ester groups is 1. The molecule has 0 spiro atoms. The van der Waals surface area contributed by atoms with Crippen molar-refractivity contribution in [3.8, 4) is 0 Å². The molecule has 45 heavy (non-hydrogen) atoms. The Balaban J connectivity index is 4.15. The first-order valence-electron chi connectivity index (χ1n) is 18.9. The van der Waals surface area contributed by atoms with E-state index >= 15 is 0 Å². The van der Waals surface area contributed by atoms with Crippen LogP contribution in [0.2, 0.25) is 0 Å². The van der Waals surface area contributed by atoms with Crippen molar-refractivity contribution in [2.75, 3.05) is 40.9 Å². The molecular weight excluding hydrogens is 587 g/mol. The van der Waals surface area contributed by atoms with Crippen LogP contribution in [-0.2, 0) is 18.4 Å². The van der Waals surface area contributed by atoms with Gasteiger partial charge in [0.1, 0.15) is 13.2 Å². The molecule has 3 unspecified atom stereocenters. The topological polar surface area (TPSA) is 108 Å². The van der Waals surface area contributed by atoms with Crippen LogP contribution in [0, 0.1) is 0 Å². The van der Waals surface area contributed by atoms with E-state index in [1.807, 2.05) is 21.1 Å². The normalized spacial score (nSPS) is 14.7. The lowest BCUT2D eigenvalue weighted by Crippen LogP contribution is -2.46. The van der Waals surface area contributed by atoms with Gasteiger partial charge in [-0.1, -0.05) is 155 Å². The molecule has 0 aromatic heterocycles. The number of likely N-dealkylation sites (N-methyl/N-ethyl adjacent to an activating group) is 1. The molecule has 3 atom stereocenters. The number of hydrogen-bond acceptors (Lipinski definition) is 6. The minimum absolute atomic E-state index is 0.0145. The maximum atomic E-state index is 12.7. The van der Waals surface area contributed by atoms with Gasteiger partial charge in [-0.25, -0.2) is 0 Å². The molecule has 0 saturated heterocycles. The van der Waals surface area contributed by atoms with Crippen molar-refractivity contribution < 1.29 is 32.9 Å². The highest BCUT2D eigenvalue weighted by Crippen LogP contribution is 2.38. The third-order valence-electron chi connectivity index (χ3n) is 8.60. The molecule has 0 rings (SSSR count). The van der Waals surface area contributed by atoms with Gasteiger partial charge in [-0.2, -0.15) is 0 Å². The Morgan fingerprint density at radius 3 is 1.51 bits per heavy atom. The molecule has 0 fully saturated rings. The third-order valence-corrected chi connectivity index (χ3v) is 9.56. The van der Waals surface area contributed by atoms with Gasteiger partial charge in [-0.3, -0.25) is 9.36 Å². The molecule has 0 aliphatic carbocycles. The van der Waals surface area contributed by atoms with Crippen LogP contribution in [0.1, 0.15) is 174 Å². The summed E-state index contributed by atoms with van der Waals surface area (Å²) in [6.45, 7) is 4.63. The summed E-state index contributed by atoms with van der Waals surface area (Å²) in [4.78, 5) is 25.0. The van der Waals surface area contributed by atoms with Crippen LogP contribution in [0.3, 0.4) is 0 Å². The molecule has 0 aliphatic heterocycles. The molecule has 270 valence electrons. The summed E-state index contributed by atoms with van der Waals surface area (Å²) in [6.07, 6.45) is 28.6. The summed E-state index contributed by atoms with van der Waals surface area (Å²) in [5, 5.41) is 13.6. The van der Waals surface area contributed by atoms with Crippen molar-refractivity contribution in [2.45, 2.75) is 187 Å². The van der Waals surface area contributed by atoms with Crippen molar-refractivity contribution in [1.82, 2.24) is 5.32 Å². The SMILES string of the molecule is CCCCCCCCCCCCCCCCCCCCC(=O)NC(COP(=O)([O-])OCC[N+](C)(C)C)C(O)CCCCCCC. The Bertz CT molecular complexity index is 718. The van der Waals surface area contributed by atoms with Crippen LogP contribution < -0.4 is 10.2 Å². The second-order valence-corrected chi connectivity index (χ2v) is 15.7. The smallest absolute Gasteiger partial charge is 0.268 e. The second kappa shape index (κ2) is 29.6. The van der Waals surface area contributed by atoms with Crippen LogP contribution >= 0.6 is 7.82 Å². The Kier molecular flexibility index (Phi) is 29.3. The summed E-state index contributed by atoms with van der Waals surface area (Å²) >= 11 is 0. The van der Waals surface area contributed by atoms with Crippen LogP contribution in [0.25, 0.3) is 0 Å². The lowest BCUT2D eigenvalue weighted by molar-refractivity contribution is -0.870. The number of nitrogens with one attached hydrogen (secondary N) is 1. The van der Waals surface area contributed by atoms with Gasteiger partial charge in [-0.05, 0) is 12.8 Å². The number of amides is 1. The van der Waals surface area contributed by atoms with E-state index in [-0.39, 0.29) is 19.1 Å². The van der Waals surface area contributed by atoms with E-state index in [2.05, 4.69) is 19.2 Å². The van der Waals surface area contributed by atoms with Gasteiger partial charge in [0.2, 0.25) is 5.91 Å². The zero-order valence-corrected chi connectivity index (χ0v) is 31.2. The molecule has 2 N–H and O–H groups in total. The monoisotopic (exact) mass is 663 g/mol. The average Bonchev–Trinajstić information content (AvgIpc) is 2.97. The van der Waals surface area contributed by atoms with Crippen molar-refractivity contribution >= 4 is 13.7 Å². The first kappa shape index (κ1) is 44.5. The highest BCUT2D eigenvalue weighted by molar-refractivity contribution is 7.45. The highest BCUT2D eigenvalue weighted by atomic mass is 31.2. The van der Waals surface area contributed by atoms with Gasteiger partial charge in [0.15, 0.2) is 0 Å². The summed E-state index contributed by atoms with van der Waals surface area (Å²) < 4.78 is 23.0. The number of nitrogens with zero attached hydrogens (tertiary/aromatic N) is 1. The number of rotatable bonds is 34. The molecular formula is C36H75N2O6P. The van der Waals surface area contributed by atoms with E-state index in [4.69, 9.17) is 9.05 Å². The Labute approximate surface area is 279 Å². The van der Waals surface area contributed by atoms with Crippen LogP contribution in [0.15, 0.2) is 0 Å². The van der Waals surface area contributed by atoms with Gasteiger partial charge < -0.3 is 28.8 Å². The summed E-state index contributed by atoms with van der Waals surface area (Å²) in [5.74, 6) is -0.170. The number of phosphoric acid groups is 1. The van der Waals surface area contributed by atoms with E-state index in [1.165, 1.54) is 96.3 Å². The summed E-state index contributed by atoms with van der Waals surface area (Å²) in [6, 6.07) is -0.788. The molecule has 0 aromatic carbocycles. The van der Waals surface area contributed by atoms with Crippen LogP contribution in [-0.4, -0.2) is 68.5 Å². The minimum atomic E-state index is -4.54. The molecule has 0 bridgehead atoms. The van der Waals surface area contributed by atoms with Gasteiger partial charge in [0, 0.05) is 6.42 Å². The number of aliphatic hydroxyl groups is 1. The number of carbonyl (C=O) groups is 1. The first-order chi connectivity index (χ1) is 21.5. The number of hydrogen-bond donors (Lipinski definition) is 2. The predicted molar refractivity (Wildman–Crippen MR) is 187 cm³/mol. The maximum absolute atomic E-state index is 12.7. The predicted octanol–water partition coefficient (Wildman–Crippen LogP) is 8.83. The van der Waals surface area contributed by atoms with Gasteiger partial charge in [-0.15, -0.1) is 0 Å². The van der Waals surface area contributed by atoms with Gasteiger partial charge >= 0.3 is 0 Å². The first-order valence-corrected chi connectivity index (χ1v) is 20.3. The average molecular weight is 663 g/mol. The van der Waals surface area contributed by atoms with E-state index in [9.17, 15) is 19.4 Å². The number of unbranched alkanes of at least 4 members (excludes halogenated alkanes) is 21. The quantitative estimate of drug-likeness (QED) is 0.0405. The minimum Gasteiger partial charge on any atom is -0.756 e. The maximum Gasteiger partial charge on any atom is 0.268 e. The fourth-order valence-electron chi connectivity index (χ4n) is 5.51. The van der Waals surface area contributed by atoms with Crippen molar-refractivity contribution in [2.24, 2.45) is 0 Å². The molecule has 0 saturated carbocycles. The third kappa shape index (κ3) is 31.8. The largest absolute Gasteiger partial charge is 0.756 e. The number of carbonyl (C=O) groups excluding carboxylic acids is 1. The molecule has 0 heterocycles. The van der Waals surface area contributed by atoms with Crippen molar-refractivity contribution in [3.05, 3.63) is 0 Å². The molecule has 0 aromatic rings. The van der Waals surface area contributed by atoms with Crippen molar-refractivity contribution in [1.29, 1.82) is 0 Å². The fourth-order valence-corrected chi connectivity index (χ4v) is 6.23. The van der Waals surface area contributed by atoms with Gasteiger partial charge in [0.25, 0.3) is 7.82 Å². The van der Waals surface area contributed by atoms with Gasteiger partial charge in [0.05, 0.1) is 39.9 Å². The lowest BCUT2D eigenvalue weighted by atomic mass is 10.0. The molecule has 1 amide bonds. The van der Waals surface area contributed by atoms with E-state index in [1.54, 1.807) is 0 Å². The Morgan fingerprint density at radius 1 is 0.689 bits per heavy atom. The molecule has 0 aliphatic rings. The fraction of sp³-hybridized carbons (Fsp3) is 0.972. The molecule has 9 heteroatoms. The zero-order chi connectivity index (χ0) is 33.7. The van der Waals surface area contributed by atoms with Crippen molar-refractivity contribution in [3.63, 3.8) is 0 Å². The number of aliphatic hydroxyl groups excluding tert-OH is 1. The van der Waals surface area contributed by atoms with Crippen LogP contribution in [0.4, 0.5) is 0 Å². The van der Waals surface area contributed by atoms with Crippen LogP contribution in [0.5, 0.6) is 0 Å². The highest BCUT2D eigenvalue weighted by Gasteiger charge is 2.24. The van der Waals surface area contributed by atoms with E-state index in [0.717, 1.165) is 51.4 Å². The zero-order valence-electron chi connectivity index (χ0n) is 30.3. The van der Waals surface area contributed by atoms with E-state index < -0.39 is 20.0 Å². The number of quaternary nitrogens is 1. The summed E-state index contributed by atoms with van der Waals surface area (Å²) in [7, 11) is 1.31.